The van der Waals surface area contributed by atoms with Gasteiger partial charge in [0.15, 0.2) is 0 Å². The highest BCUT2D eigenvalue weighted by molar-refractivity contribution is 4.71. The molecule has 2 atom stereocenters. The molecule has 0 aromatic rings. The summed E-state index contributed by atoms with van der Waals surface area (Å²) in [6.07, 6.45) is 3.61. The minimum Gasteiger partial charge on any atom is -0.379 e. The molecule has 0 aromatic heterocycles. The maximum Gasteiger partial charge on any atom is 0.0634 e. The third-order valence-corrected chi connectivity index (χ3v) is 3.23. The summed E-state index contributed by atoms with van der Waals surface area (Å²) >= 11 is 0. The monoisotopic (exact) mass is 215 g/mol. The van der Waals surface area contributed by atoms with Crippen LogP contribution >= 0.6 is 0 Å². The van der Waals surface area contributed by atoms with E-state index >= 15 is 0 Å². The van der Waals surface area contributed by atoms with Crippen LogP contribution in [0.5, 0.6) is 0 Å². The fourth-order valence-corrected chi connectivity index (χ4v) is 1.58. The fraction of sp³-hybridized carbons (Fsp3) is 1.00. The normalized spacial score (nSPS) is 16.4. The minimum atomic E-state index is 0.00307. The highest BCUT2D eigenvalue weighted by atomic mass is 16.5. The number of ether oxygens (including phenoxy) is 1. The molecule has 0 bridgehead atoms. The lowest BCUT2D eigenvalue weighted by atomic mass is 9.99. The van der Waals surface area contributed by atoms with Crippen LogP contribution in [0.15, 0.2) is 0 Å². The lowest BCUT2D eigenvalue weighted by molar-refractivity contribution is 0.0153. The Bertz CT molecular complexity index is 157. The van der Waals surface area contributed by atoms with Crippen molar-refractivity contribution in [3.8, 4) is 0 Å². The van der Waals surface area contributed by atoms with Crippen LogP contribution in [0.2, 0.25) is 0 Å². The molecule has 2 unspecified atom stereocenters. The summed E-state index contributed by atoms with van der Waals surface area (Å²) in [4.78, 5) is 0. The number of methoxy groups -OCH3 is 1. The average molecular weight is 215 g/mol. The second kappa shape index (κ2) is 7.24. The van der Waals surface area contributed by atoms with Gasteiger partial charge >= 0.3 is 0 Å². The van der Waals surface area contributed by atoms with Crippen LogP contribution < -0.4 is 5.32 Å². The molecule has 2 heteroatoms. The van der Waals surface area contributed by atoms with E-state index in [9.17, 15) is 0 Å². The molecule has 0 fully saturated rings. The molecular weight excluding hydrogens is 186 g/mol. The lowest BCUT2D eigenvalue weighted by Gasteiger charge is -2.24. The highest BCUT2D eigenvalue weighted by Crippen LogP contribution is 2.13. The zero-order chi connectivity index (χ0) is 11.9. The number of nitrogens with one attached hydrogen (secondary N) is 1. The van der Waals surface area contributed by atoms with Crippen molar-refractivity contribution in [2.24, 2.45) is 5.92 Å². The smallest absolute Gasteiger partial charge is 0.0634 e. The summed E-state index contributed by atoms with van der Waals surface area (Å²) in [6.45, 7) is 12.1. The van der Waals surface area contributed by atoms with E-state index in [1.165, 1.54) is 12.8 Å². The lowest BCUT2D eigenvalue weighted by Crippen LogP contribution is -2.34. The first-order chi connectivity index (χ1) is 6.91. The molecule has 2 nitrogen and oxygen atoms in total. The Morgan fingerprint density at radius 1 is 1.27 bits per heavy atom. The van der Waals surface area contributed by atoms with Crippen LogP contribution in [0.25, 0.3) is 0 Å². The number of hydrogen-bond donors (Lipinski definition) is 1. The Hall–Kier alpha value is -0.0800. The average Bonchev–Trinajstić information content (AvgIpc) is 2.17. The summed E-state index contributed by atoms with van der Waals surface area (Å²) in [5.41, 5.74) is 0.00307. The first kappa shape index (κ1) is 14.9. The minimum absolute atomic E-state index is 0.00307. The summed E-state index contributed by atoms with van der Waals surface area (Å²) in [5.74, 6) is 0.822. The van der Waals surface area contributed by atoms with E-state index < -0.39 is 0 Å². The van der Waals surface area contributed by atoms with Crippen molar-refractivity contribution < 1.29 is 4.74 Å². The zero-order valence-electron chi connectivity index (χ0n) is 11.4. The molecule has 0 aliphatic carbocycles. The van der Waals surface area contributed by atoms with Crippen LogP contribution in [0, 0.1) is 5.92 Å². The molecule has 0 heterocycles. The van der Waals surface area contributed by atoms with Crippen molar-refractivity contribution in [3.63, 3.8) is 0 Å². The van der Waals surface area contributed by atoms with E-state index in [4.69, 9.17) is 4.74 Å². The van der Waals surface area contributed by atoms with E-state index in [1.54, 1.807) is 7.11 Å². The van der Waals surface area contributed by atoms with Gasteiger partial charge in [0.25, 0.3) is 0 Å². The van der Waals surface area contributed by atoms with E-state index in [-0.39, 0.29) is 5.60 Å². The maximum absolute atomic E-state index is 5.38. The van der Waals surface area contributed by atoms with E-state index in [0.29, 0.717) is 6.04 Å². The summed E-state index contributed by atoms with van der Waals surface area (Å²) < 4.78 is 5.38. The van der Waals surface area contributed by atoms with Crippen molar-refractivity contribution >= 4 is 0 Å². The van der Waals surface area contributed by atoms with Crippen molar-refractivity contribution in [2.45, 2.75) is 65.5 Å². The Labute approximate surface area is 95.8 Å². The molecule has 0 saturated carbocycles. The first-order valence-electron chi connectivity index (χ1n) is 6.19. The predicted molar refractivity (Wildman–Crippen MR) is 67.2 cm³/mol. The van der Waals surface area contributed by atoms with Crippen molar-refractivity contribution in [3.05, 3.63) is 0 Å². The standard InChI is InChI=1S/C13H29NO/c1-7-11(2)10-12(3)14-9-8-13(4,5)15-6/h11-12,14H,7-10H2,1-6H3. The van der Waals surface area contributed by atoms with Gasteiger partial charge in [-0.25, -0.2) is 0 Å². The number of rotatable bonds is 8. The first-order valence-corrected chi connectivity index (χ1v) is 6.19. The van der Waals surface area contributed by atoms with Crippen molar-refractivity contribution in [2.75, 3.05) is 13.7 Å². The number of hydrogen-bond acceptors (Lipinski definition) is 2. The molecule has 0 radical (unpaired) electrons. The summed E-state index contributed by atoms with van der Waals surface area (Å²) in [7, 11) is 1.78. The second-order valence-corrected chi connectivity index (χ2v) is 5.32. The van der Waals surface area contributed by atoms with Gasteiger partial charge in [-0.3, -0.25) is 0 Å². The highest BCUT2D eigenvalue weighted by Gasteiger charge is 2.16. The van der Waals surface area contributed by atoms with Gasteiger partial charge in [0.2, 0.25) is 0 Å². The quantitative estimate of drug-likeness (QED) is 0.671. The van der Waals surface area contributed by atoms with Gasteiger partial charge in [-0.15, -0.1) is 0 Å². The Balaban J connectivity index is 3.59. The third kappa shape index (κ3) is 7.80. The topological polar surface area (TPSA) is 21.3 Å². The second-order valence-electron chi connectivity index (χ2n) is 5.32. The van der Waals surface area contributed by atoms with E-state index in [2.05, 4.69) is 39.9 Å². The van der Waals surface area contributed by atoms with Crippen molar-refractivity contribution in [1.82, 2.24) is 5.32 Å². The van der Waals surface area contributed by atoms with Gasteiger partial charge in [0.05, 0.1) is 5.60 Å². The van der Waals surface area contributed by atoms with Gasteiger partial charge in [-0.05, 0) is 46.1 Å². The van der Waals surface area contributed by atoms with Crippen LogP contribution in [0.1, 0.15) is 53.9 Å². The van der Waals surface area contributed by atoms with Crippen LogP contribution in [-0.2, 0) is 4.74 Å². The van der Waals surface area contributed by atoms with Gasteiger partial charge in [0, 0.05) is 13.2 Å². The van der Waals surface area contributed by atoms with Gasteiger partial charge in [-0.2, -0.15) is 0 Å². The van der Waals surface area contributed by atoms with Crippen molar-refractivity contribution in [1.29, 1.82) is 0 Å². The van der Waals surface area contributed by atoms with E-state index in [0.717, 1.165) is 18.9 Å². The summed E-state index contributed by atoms with van der Waals surface area (Å²) in [5, 5.41) is 3.56. The molecule has 1 N–H and O–H groups in total. The molecule has 0 aromatic carbocycles. The van der Waals surface area contributed by atoms with Gasteiger partial charge in [-0.1, -0.05) is 20.3 Å². The third-order valence-electron chi connectivity index (χ3n) is 3.23. The largest absolute Gasteiger partial charge is 0.379 e. The Morgan fingerprint density at radius 2 is 1.87 bits per heavy atom. The molecule has 0 spiro atoms. The Morgan fingerprint density at radius 3 is 2.33 bits per heavy atom. The summed E-state index contributed by atoms with van der Waals surface area (Å²) in [6, 6.07) is 0.618. The van der Waals surface area contributed by atoms with Gasteiger partial charge in [0.1, 0.15) is 0 Å². The molecule has 0 rings (SSSR count). The van der Waals surface area contributed by atoms with Crippen LogP contribution in [0.3, 0.4) is 0 Å². The van der Waals surface area contributed by atoms with E-state index in [1.807, 2.05) is 0 Å². The molecule has 92 valence electrons. The Kier molecular flexibility index (Phi) is 7.20. The van der Waals surface area contributed by atoms with Crippen LogP contribution in [-0.4, -0.2) is 25.3 Å². The van der Waals surface area contributed by atoms with Crippen LogP contribution in [0.4, 0.5) is 0 Å². The fourth-order valence-electron chi connectivity index (χ4n) is 1.58. The molecule has 0 aliphatic rings. The molecule has 0 aliphatic heterocycles. The maximum atomic E-state index is 5.38. The predicted octanol–water partition coefficient (Wildman–Crippen LogP) is 3.22. The molecule has 0 amide bonds. The SMILES string of the molecule is CCC(C)CC(C)NCCC(C)(C)OC. The zero-order valence-corrected chi connectivity index (χ0v) is 11.4. The van der Waals surface area contributed by atoms with Gasteiger partial charge < -0.3 is 10.1 Å². The molecule has 15 heavy (non-hydrogen) atoms. The molecular formula is C13H29NO. The molecule has 0 saturated heterocycles.